The summed E-state index contributed by atoms with van der Waals surface area (Å²) in [5.74, 6) is 0. The van der Waals surface area contributed by atoms with Gasteiger partial charge in [-0.3, -0.25) is 0 Å². The normalized spacial score (nSPS) is 12.1. The summed E-state index contributed by atoms with van der Waals surface area (Å²) in [4.78, 5) is 4.91. The van der Waals surface area contributed by atoms with Gasteiger partial charge in [-0.2, -0.15) is 0 Å². The molecule has 2 aromatic carbocycles. The van der Waals surface area contributed by atoms with E-state index in [-0.39, 0.29) is 0 Å². The highest BCUT2D eigenvalue weighted by Gasteiger charge is 2.07. The molecule has 1 nitrogen and oxygen atoms in total. The lowest BCUT2D eigenvalue weighted by Crippen LogP contribution is -1.99. The highest BCUT2D eigenvalue weighted by Crippen LogP contribution is 2.28. The average Bonchev–Trinajstić information content (AvgIpc) is 2.56. The van der Waals surface area contributed by atoms with Crippen molar-refractivity contribution in [2.24, 2.45) is 4.99 Å². The maximum absolute atomic E-state index is 4.91. The zero-order valence-electron chi connectivity index (χ0n) is 11.2. The van der Waals surface area contributed by atoms with Crippen molar-refractivity contribution in [3.05, 3.63) is 76.8 Å². The molecule has 4 rings (SSSR count). The summed E-state index contributed by atoms with van der Waals surface area (Å²) in [6.45, 7) is 0. The largest absolute Gasteiger partial charge is 0.247 e. The van der Waals surface area contributed by atoms with Crippen molar-refractivity contribution in [2.75, 3.05) is 0 Å². The molecule has 0 amide bonds. The van der Waals surface area contributed by atoms with Gasteiger partial charge >= 0.3 is 0 Å². The molecule has 0 saturated heterocycles. The third-order valence-corrected chi connectivity index (χ3v) is 5.17. The molecular weight excluding hydrogens is 294 g/mol. The summed E-state index contributed by atoms with van der Waals surface area (Å²) in [7, 11) is 0. The molecule has 0 radical (unpaired) electrons. The number of benzene rings is 2. The highest BCUT2D eigenvalue weighted by atomic mass is 32.1. The molecule has 0 aliphatic heterocycles. The Morgan fingerprint density at radius 2 is 1.62 bits per heavy atom. The van der Waals surface area contributed by atoms with Crippen LogP contribution in [0.2, 0.25) is 0 Å². The summed E-state index contributed by atoms with van der Waals surface area (Å²) >= 11 is 3.49. The van der Waals surface area contributed by atoms with Crippen LogP contribution >= 0.6 is 22.7 Å². The first kappa shape index (κ1) is 12.6. The minimum absolute atomic E-state index is 1.03. The van der Waals surface area contributed by atoms with Crippen LogP contribution in [0.1, 0.15) is 0 Å². The first-order valence-corrected chi connectivity index (χ1v) is 8.48. The van der Waals surface area contributed by atoms with E-state index in [0.717, 1.165) is 11.0 Å². The van der Waals surface area contributed by atoms with E-state index in [1.807, 2.05) is 0 Å². The summed E-state index contributed by atoms with van der Waals surface area (Å²) < 4.78 is 2.53. The third kappa shape index (κ3) is 2.35. The second kappa shape index (κ2) is 5.35. The Kier molecular flexibility index (Phi) is 3.22. The molecule has 0 unspecified atom stereocenters. The molecule has 0 saturated carbocycles. The van der Waals surface area contributed by atoms with Gasteiger partial charge in [0.2, 0.25) is 16.0 Å². The van der Waals surface area contributed by atoms with Gasteiger partial charge in [-0.25, -0.2) is 4.99 Å². The van der Waals surface area contributed by atoms with E-state index in [9.17, 15) is 0 Å². The minimum Gasteiger partial charge on any atom is -0.247 e. The smallest absolute Gasteiger partial charge is 0.240 e. The molecule has 2 aromatic heterocycles. The van der Waals surface area contributed by atoms with Crippen LogP contribution in [-0.4, -0.2) is 0 Å². The molecule has 0 aliphatic rings. The molecule has 0 bridgehead atoms. The monoisotopic (exact) mass is 306 g/mol. The first-order valence-electron chi connectivity index (χ1n) is 6.73. The van der Waals surface area contributed by atoms with Crippen LogP contribution in [0.3, 0.4) is 0 Å². The van der Waals surface area contributed by atoms with Crippen molar-refractivity contribution in [1.82, 2.24) is 0 Å². The van der Waals surface area contributed by atoms with Crippen molar-refractivity contribution >= 4 is 48.5 Å². The van der Waals surface area contributed by atoms with Gasteiger partial charge in [-0.1, -0.05) is 30.3 Å². The van der Waals surface area contributed by atoms with E-state index in [1.54, 1.807) is 22.7 Å². The zero-order chi connectivity index (χ0) is 14.1. The Balaban J connectivity index is 2.05. The maximum Gasteiger partial charge on any atom is 0.240 e. The van der Waals surface area contributed by atoms with Gasteiger partial charge < -0.3 is 0 Å². The predicted octanol–water partition coefficient (Wildman–Crippen LogP) is 5.63. The maximum atomic E-state index is 4.91. The molecule has 21 heavy (non-hydrogen) atoms. The van der Waals surface area contributed by atoms with Crippen LogP contribution < -0.4 is 5.36 Å². The van der Waals surface area contributed by atoms with Gasteiger partial charge in [0.1, 0.15) is 0 Å². The lowest BCUT2D eigenvalue weighted by atomic mass is 10.2. The van der Waals surface area contributed by atoms with Gasteiger partial charge in [0.05, 0.1) is 16.4 Å². The number of rotatable bonds is 1. The molecule has 0 fully saturated rings. The SMILES string of the molecule is c1ccc2c(=Nc3cc[s+]c4ccccc34)ccsc2c1. The van der Waals surface area contributed by atoms with E-state index in [0.29, 0.717) is 0 Å². The molecule has 0 spiro atoms. The lowest BCUT2D eigenvalue weighted by Gasteiger charge is -1.98. The van der Waals surface area contributed by atoms with Crippen molar-refractivity contribution in [3.63, 3.8) is 0 Å². The Labute approximate surface area is 130 Å². The van der Waals surface area contributed by atoms with Gasteiger partial charge in [-0.15, -0.1) is 11.3 Å². The zero-order valence-corrected chi connectivity index (χ0v) is 12.8. The number of fused-ring (bicyclic) bond motifs is 2. The molecule has 0 N–H and O–H groups in total. The second-order valence-corrected chi connectivity index (χ2v) is 6.61. The summed E-state index contributed by atoms with van der Waals surface area (Å²) in [5, 5.41) is 7.66. The standard InChI is InChI=1S/C18H12NS2/c1-3-7-17-13(5-1)15(9-11-20-17)19-16-10-12-21-18-8-4-2-6-14(16)18/h1-12H/q+1. The van der Waals surface area contributed by atoms with Crippen molar-refractivity contribution in [1.29, 1.82) is 0 Å². The number of hydrogen-bond acceptors (Lipinski definition) is 2. The Hall–Kier alpha value is -2.10. The summed E-state index contributed by atoms with van der Waals surface area (Å²) in [5.41, 5.74) is 1.03. The van der Waals surface area contributed by atoms with Crippen LogP contribution in [0, 0.1) is 0 Å². The van der Waals surface area contributed by atoms with Gasteiger partial charge in [0.25, 0.3) is 0 Å². The van der Waals surface area contributed by atoms with Crippen molar-refractivity contribution in [2.45, 2.75) is 0 Å². The van der Waals surface area contributed by atoms with E-state index in [1.165, 1.54) is 20.2 Å². The number of nitrogens with zero attached hydrogens (tertiary/aromatic N) is 1. The second-order valence-electron chi connectivity index (χ2n) is 4.72. The van der Waals surface area contributed by atoms with Crippen molar-refractivity contribution in [3.8, 4) is 0 Å². The molecule has 4 aromatic rings. The lowest BCUT2D eigenvalue weighted by molar-refractivity contribution is 1.41. The topological polar surface area (TPSA) is 12.4 Å². The Morgan fingerprint density at radius 1 is 0.810 bits per heavy atom. The van der Waals surface area contributed by atoms with Crippen LogP contribution in [0.25, 0.3) is 20.2 Å². The van der Waals surface area contributed by atoms with Gasteiger partial charge in [-0.05, 0) is 23.6 Å². The third-order valence-electron chi connectivity index (χ3n) is 3.41. The molecular formula is C18H12NS2+. The van der Waals surface area contributed by atoms with E-state index < -0.39 is 0 Å². The van der Waals surface area contributed by atoms with E-state index in [4.69, 9.17) is 4.99 Å². The van der Waals surface area contributed by atoms with Crippen LogP contribution in [0.5, 0.6) is 0 Å². The van der Waals surface area contributed by atoms with Crippen LogP contribution in [0.15, 0.2) is 76.4 Å². The quantitative estimate of drug-likeness (QED) is 0.404. The Bertz CT molecular complexity index is 992. The van der Waals surface area contributed by atoms with Crippen LogP contribution in [0.4, 0.5) is 5.69 Å². The molecule has 0 atom stereocenters. The van der Waals surface area contributed by atoms with Crippen molar-refractivity contribution < 1.29 is 0 Å². The van der Waals surface area contributed by atoms with Gasteiger partial charge in [0.15, 0.2) is 5.38 Å². The fourth-order valence-corrected chi connectivity index (χ4v) is 4.01. The summed E-state index contributed by atoms with van der Waals surface area (Å²) in [6, 6.07) is 21.0. The molecule has 2 heterocycles. The molecule has 0 aliphatic carbocycles. The van der Waals surface area contributed by atoms with E-state index >= 15 is 0 Å². The number of hydrogen-bond donors (Lipinski definition) is 0. The predicted molar refractivity (Wildman–Crippen MR) is 93.3 cm³/mol. The van der Waals surface area contributed by atoms with Crippen LogP contribution in [-0.2, 0) is 0 Å². The Morgan fingerprint density at radius 3 is 2.57 bits per heavy atom. The molecule has 100 valence electrons. The van der Waals surface area contributed by atoms with Gasteiger partial charge in [0, 0.05) is 22.2 Å². The average molecular weight is 306 g/mol. The fourth-order valence-electron chi connectivity index (χ4n) is 2.41. The minimum atomic E-state index is 1.03. The molecule has 3 heteroatoms. The first-order chi connectivity index (χ1) is 10.4. The summed E-state index contributed by atoms with van der Waals surface area (Å²) in [6.07, 6.45) is 0. The highest BCUT2D eigenvalue weighted by molar-refractivity contribution is 7.17. The van der Waals surface area contributed by atoms with E-state index in [2.05, 4.69) is 71.4 Å². The fraction of sp³-hybridized carbons (Fsp3) is 0.